The van der Waals surface area contributed by atoms with Crippen molar-refractivity contribution in [3.05, 3.63) is 23.8 Å². The fourth-order valence-corrected chi connectivity index (χ4v) is 2.25. The van der Waals surface area contributed by atoms with E-state index in [0.29, 0.717) is 6.04 Å². The summed E-state index contributed by atoms with van der Waals surface area (Å²) in [5.74, 6) is 1.82. The van der Waals surface area contributed by atoms with E-state index in [0.717, 1.165) is 55.9 Å². The minimum absolute atomic E-state index is 0.288. The van der Waals surface area contributed by atoms with E-state index in [1.165, 1.54) is 12.8 Å². The SMILES string of the molecule is COc1ccc(OCCCCCCO)c(CNC2CC2)c1. The van der Waals surface area contributed by atoms with Crippen molar-refractivity contribution in [2.45, 2.75) is 51.1 Å². The van der Waals surface area contributed by atoms with E-state index in [9.17, 15) is 0 Å². The zero-order chi connectivity index (χ0) is 14.9. The number of unbranched alkanes of at least 4 members (excludes halogenated alkanes) is 3. The number of aliphatic hydroxyl groups is 1. The predicted octanol–water partition coefficient (Wildman–Crippen LogP) is 2.88. The minimum Gasteiger partial charge on any atom is -0.497 e. The molecule has 0 aliphatic heterocycles. The first kappa shape index (κ1) is 16.1. The molecule has 0 atom stereocenters. The topological polar surface area (TPSA) is 50.7 Å². The molecule has 1 aromatic carbocycles. The van der Waals surface area contributed by atoms with Crippen LogP contribution in [0.1, 0.15) is 44.1 Å². The molecule has 21 heavy (non-hydrogen) atoms. The molecule has 0 spiro atoms. The second-order valence-corrected chi connectivity index (χ2v) is 5.62. The highest BCUT2D eigenvalue weighted by molar-refractivity contribution is 5.40. The Labute approximate surface area is 127 Å². The smallest absolute Gasteiger partial charge is 0.124 e. The van der Waals surface area contributed by atoms with Crippen LogP contribution in [0.4, 0.5) is 0 Å². The quantitative estimate of drug-likeness (QED) is 0.616. The lowest BCUT2D eigenvalue weighted by atomic mass is 10.1. The van der Waals surface area contributed by atoms with Crippen molar-refractivity contribution in [1.82, 2.24) is 5.32 Å². The van der Waals surface area contributed by atoms with Gasteiger partial charge in [-0.15, -0.1) is 0 Å². The zero-order valence-corrected chi connectivity index (χ0v) is 12.9. The molecular formula is C17H27NO3. The zero-order valence-electron chi connectivity index (χ0n) is 12.9. The fourth-order valence-electron chi connectivity index (χ4n) is 2.25. The molecule has 1 fully saturated rings. The molecule has 4 nitrogen and oxygen atoms in total. The average molecular weight is 293 g/mol. The molecule has 0 unspecified atom stereocenters. The summed E-state index contributed by atoms with van der Waals surface area (Å²) in [6.45, 7) is 1.85. The summed E-state index contributed by atoms with van der Waals surface area (Å²) >= 11 is 0. The molecule has 1 aliphatic carbocycles. The molecule has 1 aliphatic rings. The largest absolute Gasteiger partial charge is 0.497 e. The number of hydrogen-bond acceptors (Lipinski definition) is 4. The molecule has 1 saturated carbocycles. The Hall–Kier alpha value is -1.26. The predicted molar refractivity (Wildman–Crippen MR) is 83.9 cm³/mol. The van der Waals surface area contributed by atoms with Gasteiger partial charge >= 0.3 is 0 Å². The third-order valence-corrected chi connectivity index (χ3v) is 3.74. The van der Waals surface area contributed by atoms with E-state index >= 15 is 0 Å². The van der Waals surface area contributed by atoms with Crippen molar-refractivity contribution in [2.75, 3.05) is 20.3 Å². The molecular weight excluding hydrogens is 266 g/mol. The molecule has 4 heteroatoms. The normalized spacial score (nSPS) is 14.2. The lowest BCUT2D eigenvalue weighted by Gasteiger charge is -2.13. The van der Waals surface area contributed by atoms with Crippen LogP contribution in [0.3, 0.4) is 0 Å². The van der Waals surface area contributed by atoms with E-state index < -0.39 is 0 Å². The Kier molecular flexibility index (Phi) is 6.83. The number of rotatable bonds is 11. The van der Waals surface area contributed by atoms with Crippen LogP contribution in [-0.2, 0) is 6.54 Å². The molecule has 0 radical (unpaired) electrons. The summed E-state index contributed by atoms with van der Waals surface area (Å²) in [4.78, 5) is 0. The third kappa shape index (κ3) is 5.94. The van der Waals surface area contributed by atoms with Gasteiger partial charge < -0.3 is 19.9 Å². The molecule has 2 rings (SSSR count). The Balaban J connectivity index is 1.81. The number of ether oxygens (including phenoxy) is 2. The second kappa shape index (κ2) is 8.90. The van der Waals surface area contributed by atoms with Crippen molar-refractivity contribution in [3.8, 4) is 11.5 Å². The maximum atomic E-state index is 8.75. The Bertz CT molecular complexity index is 418. The summed E-state index contributed by atoms with van der Waals surface area (Å²) < 4.78 is 11.2. The molecule has 0 aromatic heterocycles. The summed E-state index contributed by atoms with van der Waals surface area (Å²) in [5, 5.41) is 12.3. The molecule has 118 valence electrons. The lowest BCUT2D eigenvalue weighted by molar-refractivity contribution is 0.272. The maximum absolute atomic E-state index is 8.75. The van der Waals surface area contributed by atoms with Gasteiger partial charge in [-0.05, 0) is 50.3 Å². The van der Waals surface area contributed by atoms with E-state index in [1.54, 1.807) is 7.11 Å². The Morgan fingerprint density at radius 1 is 1.19 bits per heavy atom. The Morgan fingerprint density at radius 2 is 2.00 bits per heavy atom. The van der Waals surface area contributed by atoms with Crippen LogP contribution in [0.25, 0.3) is 0 Å². The van der Waals surface area contributed by atoms with Crippen LogP contribution in [0.15, 0.2) is 18.2 Å². The average Bonchev–Trinajstić information content (AvgIpc) is 3.33. The van der Waals surface area contributed by atoms with Crippen molar-refractivity contribution in [3.63, 3.8) is 0 Å². The van der Waals surface area contributed by atoms with Crippen molar-refractivity contribution < 1.29 is 14.6 Å². The molecule has 0 saturated heterocycles. The summed E-state index contributed by atoms with van der Waals surface area (Å²) in [5.41, 5.74) is 1.16. The number of hydrogen-bond donors (Lipinski definition) is 2. The highest BCUT2D eigenvalue weighted by Gasteiger charge is 2.20. The minimum atomic E-state index is 0.288. The van der Waals surface area contributed by atoms with Crippen molar-refractivity contribution in [1.29, 1.82) is 0 Å². The lowest BCUT2D eigenvalue weighted by Crippen LogP contribution is -2.16. The van der Waals surface area contributed by atoms with E-state index in [1.807, 2.05) is 12.1 Å². The van der Waals surface area contributed by atoms with Gasteiger partial charge in [-0.25, -0.2) is 0 Å². The van der Waals surface area contributed by atoms with Crippen LogP contribution in [0.5, 0.6) is 11.5 Å². The summed E-state index contributed by atoms with van der Waals surface area (Å²) in [7, 11) is 1.69. The number of methoxy groups -OCH3 is 1. The van der Waals surface area contributed by atoms with E-state index in [4.69, 9.17) is 14.6 Å². The van der Waals surface area contributed by atoms with Gasteiger partial charge in [-0.2, -0.15) is 0 Å². The second-order valence-electron chi connectivity index (χ2n) is 5.62. The first-order chi connectivity index (χ1) is 10.3. The van der Waals surface area contributed by atoms with Crippen LogP contribution in [0.2, 0.25) is 0 Å². The van der Waals surface area contributed by atoms with Gasteiger partial charge in [0.1, 0.15) is 11.5 Å². The van der Waals surface area contributed by atoms with Gasteiger partial charge in [0, 0.05) is 24.8 Å². The molecule has 2 N–H and O–H groups in total. The maximum Gasteiger partial charge on any atom is 0.124 e. The first-order valence-electron chi connectivity index (χ1n) is 7.97. The standard InChI is InChI=1S/C17H27NO3/c1-20-16-8-9-17(21-11-5-3-2-4-10-19)14(12-16)13-18-15-6-7-15/h8-9,12,15,18-19H,2-7,10-11,13H2,1H3. The van der Waals surface area contributed by atoms with Gasteiger partial charge in [-0.3, -0.25) is 0 Å². The first-order valence-corrected chi connectivity index (χ1v) is 7.97. The van der Waals surface area contributed by atoms with Crippen molar-refractivity contribution >= 4 is 0 Å². The highest BCUT2D eigenvalue weighted by atomic mass is 16.5. The molecule has 0 amide bonds. The van der Waals surface area contributed by atoms with E-state index in [-0.39, 0.29) is 6.61 Å². The molecule has 1 aromatic rings. The van der Waals surface area contributed by atoms with E-state index in [2.05, 4.69) is 11.4 Å². The number of benzene rings is 1. The number of nitrogens with one attached hydrogen (secondary N) is 1. The number of aliphatic hydroxyl groups excluding tert-OH is 1. The highest BCUT2D eigenvalue weighted by Crippen LogP contribution is 2.26. The van der Waals surface area contributed by atoms with Crippen LogP contribution >= 0.6 is 0 Å². The summed E-state index contributed by atoms with van der Waals surface area (Å²) in [6, 6.07) is 6.68. The third-order valence-electron chi connectivity index (χ3n) is 3.74. The van der Waals surface area contributed by atoms with Gasteiger partial charge in [0.25, 0.3) is 0 Å². The van der Waals surface area contributed by atoms with Gasteiger partial charge in [0.2, 0.25) is 0 Å². The van der Waals surface area contributed by atoms with Crippen LogP contribution in [0, 0.1) is 0 Å². The van der Waals surface area contributed by atoms with Crippen LogP contribution in [-0.4, -0.2) is 31.5 Å². The molecule has 0 heterocycles. The van der Waals surface area contributed by atoms with Gasteiger partial charge in [-0.1, -0.05) is 6.42 Å². The monoisotopic (exact) mass is 293 g/mol. The molecule has 0 bridgehead atoms. The van der Waals surface area contributed by atoms with Crippen molar-refractivity contribution in [2.24, 2.45) is 0 Å². The van der Waals surface area contributed by atoms with Gasteiger partial charge in [0.15, 0.2) is 0 Å². The van der Waals surface area contributed by atoms with Crippen LogP contribution < -0.4 is 14.8 Å². The fraction of sp³-hybridized carbons (Fsp3) is 0.647. The summed E-state index contributed by atoms with van der Waals surface area (Å²) in [6.07, 6.45) is 6.65. The van der Waals surface area contributed by atoms with Gasteiger partial charge in [0.05, 0.1) is 13.7 Å². The Morgan fingerprint density at radius 3 is 2.71 bits per heavy atom.